The van der Waals surface area contributed by atoms with E-state index in [0.29, 0.717) is 22.4 Å². The van der Waals surface area contributed by atoms with E-state index in [9.17, 15) is 0 Å². The summed E-state index contributed by atoms with van der Waals surface area (Å²) in [7, 11) is 0. The summed E-state index contributed by atoms with van der Waals surface area (Å²) in [5.74, 6) is 1.56. The van der Waals surface area contributed by atoms with Crippen LogP contribution < -0.4 is 5.32 Å². The number of hydrogen-bond acceptors (Lipinski definition) is 3. The molecule has 0 unspecified atom stereocenters. The predicted octanol–water partition coefficient (Wildman–Crippen LogP) is 5.78. The van der Waals surface area contributed by atoms with E-state index in [1.54, 1.807) is 30.6 Å². The van der Waals surface area contributed by atoms with Crippen molar-refractivity contribution in [1.82, 2.24) is 10.3 Å². The SMILES string of the molecule is Cl.Cl.Clc1ccc(Cl)c(-c2ccc(CNCc3ccncc3)o2)c1. The monoisotopic (exact) mass is 404 g/mol. The Morgan fingerprint density at radius 2 is 1.67 bits per heavy atom. The van der Waals surface area contributed by atoms with E-state index in [1.165, 1.54) is 5.56 Å². The van der Waals surface area contributed by atoms with Crippen molar-refractivity contribution in [2.24, 2.45) is 0 Å². The molecule has 0 fully saturated rings. The Bertz CT molecular complexity index is 762. The van der Waals surface area contributed by atoms with Crippen LogP contribution in [0.4, 0.5) is 0 Å². The first-order valence-corrected chi connectivity index (χ1v) is 7.62. The Morgan fingerprint density at radius 3 is 2.42 bits per heavy atom. The van der Waals surface area contributed by atoms with E-state index in [-0.39, 0.29) is 24.8 Å². The van der Waals surface area contributed by atoms with Crippen molar-refractivity contribution < 1.29 is 4.42 Å². The third-order valence-corrected chi connectivity index (χ3v) is 3.80. The standard InChI is InChI=1S/C17H14Cl2N2O.2ClH/c18-13-1-3-16(19)15(9-13)17-4-2-14(22-17)11-21-10-12-5-7-20-8-6-12;;/h1-9,21H,10-11H2;2*1H. The highest BCUT2D eigenvalue weighted by Gasteiger charge is 2.09. The van der Waals surface area contributed by atoms with E-state index in [4.69, 9.17) is 27.6 Å². The molecule has 0 amide bonds. The highest BCUT2D eigenvalue weighted by Crippen LogP contribution is 2.31. The molecule has 0 saturated heterocycles. The van der Waals surface area contributed by atoms with Crippen molar-refractivity contribution >= 4 is 48.0 Å². The van der Waals surface area contributed by atoms with Gasteiger partial charge in [0.05, 0.1) is 11.6 Å². The number of rotatable bonds is 5. The maximum atomic E-state index is 6.18. The highest BCUT2D eigenvalue weighted by atomic mass is 35.5. The van der Waals surface area contributed by atoms with Gasteiger partial charge in [-0.1, -0.05) is 23.2 Å². The molecule has 3 rings (SSSR count). The third-order valence-electron chi connectivity index (χ3n) is 3.23. The van der Waals surface area contributed by atoms with Crippen LogP contribution in [0, 0.1) is 0 Å². The van der Waals surface area contributed by atoms with Gasteiger partial charge < -0.3 is 9.73 Å². The summed E-state index contributed by atoms with van der Waals surface area (Å²) in [5, 5.41) is 4.58. The zero-order valence-electron chi connectivity index (χ0n) is 12.5. The number of pyridine rings is 1. The summed E-state index contributed by atoms with van der Waals surface area (Å²) < 4.78 is 5.83. The molecular formula is C17H16Cl4N2O. The fraction of sp³-hybridized carbons (Fsp3) is 0.118. The molecule has 7 heteroatoms. The number of aromatic nitrogens is 1. The maximum Gasteiger partial charge on any atom is 0.135 e. The van der Waals surface area contributed by atoms with Gasteiger partial charge in [-0.25, -0.2) is 0 Å². The highest BCUT2D eigenvalue weighted by molar-refractivity contribution is 6.35. The van der Waals surface area contributed by atoms with Crippen molar-refractivity contribution in [3.8, 4) is 11.3 Å². The Balaban J connectivity index is 0.00000144. The molecule has 2 heterocycles. The van der Waals surface area contributed by atoms with Crippen molar-refractivity contribution in [3.05, 3.63) is 76.2 Å². The molecule has 0 aliphatic heterocycles. The van der Waals surface area contributed by atoms with Gasteiger partial charge >= 0.3 is 0 Å². The van der Waals surface area contributed by atoms with Crippen molar-refractivity contribution in [2.45, 2.75) is 13.1 Å². The van der Waals surface area contributed by atoms with Crippen LogP contribution in [0.15, 0.2) is 59.3 Å². The summed E-state index contributed by atoms with van der Waals surface area (Å²) >= 11 is 12.2. The Kier molecular flexibility index (Phi) is 8.60. The van der Waals surface area contributed by atoms with Gasteiger partial charge in [-0.2, -0.15) is 0 Å². The maximum absolute atomic E-state index is 6.18. The molecule has 0 radical (unpaired) electrons. The molecule has 0 aliphatic rings. The minimum Gasteiger partial charge on any atom is -0.460 e. The molecule has 0 bridgehead atoms. The largest absolute Gasteiger partial charge is 0.460 e. The van der Waals surface area contributed by atoms with Gasteiger partial charge in [0.25, 0.3) is 0 Å². The quantitative estimate of drug-likeness (QED) is 0.584. The summed E-state index contributed by atoms with van der Waals surface area (Å²) in [4.78, 5) is 3.99. The van der Waals surface area contributed by atoms with Gasteiger partial charge in [0.1, 0.15) is 11.5 Å². The molecule has 128 valence electrons. The molecule has 3 aromatic rings. The second-order valence-electron chi connectivity index (χ2n) is 4.85. The fourth-order valence-electron chi connectivity index (χ4n) is 2.13. The lowest BCUT2D eigenvalue weighted by Gasteiger charge is -2.03. The molecule has 3 nitrogen and oxygen atoms in total. The molecule has 1 N–H and O–H groups in total. The average molecular weight is 406 g/mol. The second-order valence-corrected chi connectivity index (χ2v) is 5.69. The van der Waals surface area contributed by atoms with Gasteiger partial charge in [-0.05, 0) is 48.0 Å². The van der Waals surface area contributed by atoms with Gasteiger partial charge in [0, 0.05) is 29.5 Å². The van der Waals surface area contributed by atoms with Crippen molar-refractivity contribution in [3.63, 3.8) is 0 Å². The van der Waals surface area contributed by atoms with E-state index in [1.807, 2.05) is 24.3 Å². The zero-order valence-corrected chi connectivity index (χ0v) is 15.7. The van der Waals surface area contributed by atoms with Gasteiger partial charge in [0.2, 0.25) is 0 Å². The Morgan fingerprint density at radius 1 is 0.917 bits per heavy atom. The minimum absolute atomic E-state index is 0. The second kappa shape index (κ2) is 9.92. The third kappa shape index (κ3) is 5.40. The number of benzene rings is 1. The van der Waals surface area contributed by atoms with Crippen LogP contribution in [-0.4, -0.2) is 4.98 Å². The topological polar surface area (TPSA) is 38.1 Å². The number of hydrogen-bond donors (Lipinski definition) is 1. The van der Waals surface area contributed by atoms with Gasteiger partial charge in [0.15, 0.2) is 0 Å². The Hall–Kier alpha value is -1.23. The van der Waals surface area contributed by atoms with E-state index >= 15 is 0 Å². The smallest absolute Gasteiger partial charge is 0.135 e. The van der Waals surface area contributed by atoms with Gasteiger partial charge in [-0.15, -0.1) is 24.8 Å². The average Bonchev–Trinajstić information content (AvgIpc) is 2.99. The first-order chi connectivity index (χ1) is 10.7. The van der Waals surface area contributed by atoms with Crippen LogP contribution in [0.1, 0.15) is 11.3 Å². The minimum atomic E-state index is 0. The van der Waals surface area contributed by atoms with Crippen LogP contribution in [0.5, 0.6) is 0 Å². The molecule has 24 heavy (non-hydrogen) atoms. The molecular weight excluding hydrogens is 390 g/mol. The summed E-state index contributed by atoms with van der Waals surface area (Å²) in [6.45, 7) is 1.40. The lowest BCUT2D eigenvalue weighted by atomic mass is 10.2. The summed E-state index contributed by atoms with van der Waals surface area (Å²) in [6.07, 6.45) is 3.56. The van der Waals surface area contributed by atoms with E-state index < -0.39 is 0 Å². The summed E-state index contributed by atoms with van der Waals surface area (Å²) in [6, 6.07) is 13.1. The predicted molar refractivity (Wildman–Crippen MR) is 103 cm³/mol. The van der Waals surface area contributed by atoms with Crippen LogP contribution >= 0.6 is 48.0 Å². The van der Waals surface area contributed by atoms with Crippen LogP contribution in [0.3, 0.4) is 0 Å². The summed E-state index contributed by atoms with van der Waals surface area (Å²) in [5.41, 5.74) is 1.98. The first-order valence-electron chi connectivity index (χ1n) is 6.86. The molecule has 0 saturated carbocycles. The molecule has 0 atom stereocenters. The van der Waals surface area contributed by atoms with Crippen molar-refractivity contribution in [1.29, 1.82) is 0 Å². The van der Waals surface area contributed by atoms with Crippen LogP contribution in [0.2, 0.25) is 10.0 Å². The lowest BCUT2D eigenvalue weighted by molar-refractivity contribution is 0.493. The molecule has 0 spiro atoms. The lowest BCUT2D eigenvalue weighted by Crippen LogP contribution is -2.11. The first kappa shape index (κ1) is 20.8. The van der Waals surface area contributed by atoms with Crippen LogP contribution in [-0.2, 0) is 13.1 Å². The molecule has 0 aliphatic carbocycles. The normalized spacial score (nSPS) is 9.92. The van der Waals surface area contributed by atoms with Crippen LogP contribution in [0.25, 0.3) is 11.3 Å². The number of nitrogens with zero attached hydrogens (tertiary/aromatic N) is 1. The molecule has 1 aromatic carbocycles. The number of halogens is 4. The van der Waals surface area contributed by atoms with E-state index in [0.717, 1.165) is 17.9 Å². The number of furan rings is 1. The van der Waals surface area contributed by atoms with E-state index in [2.05, 4.69) is 10.3 Å². The van der Waals surface area contributed by atoms with Gasteiger partial charge in [-0.3, -0.25) is 4.98 Å². The van der Waals surface area contributed by atoms with Crippen molar-refractivity contribution in [2.75, 3.05) is 0 Å². The molecule has 2 aromatic heterocycles. The Labute approximate surface area is 163 Å². The fourth-order valence-corrected chi connectivity index (χ4v) is 2.52. The number of nitrogens with one attached hydrogen (secondary N) is 1. The zero-order chi connectivity index (χ0) is 15.4.